The van der Waals surface area contributed by atoms with E-state index in [1.807, 2.05) is 0 Å². The van der Waals surface area contributed by atoms with E-state index in [4.69, 9.17) is 18.9 Å². The van der Waals surface area contributed by atoms with Gasteiger partial charge in [-0.3, -0.25) is 9.59 Å². The number of hydrogen-bond donors (Lipinski definition) is 4. The molecule has 1 rings (SSSR count). The number of esters is 2. The summed E-state index contributed by atoms with van der Waals surface area (Å²) >= 11 is 0. The average molecular weight is 949 g/mol. The van der Waals surface area contributed by atoms with Gasteiger partial charge < -0.3 is 39.4 Å². The standard InChI is InChI=1S/C57H104O10/c1-3-5-7-9-11-13-15-17-19-21-23-24-25-26-28-30-32-34-36-38-40-42-44-46-53(60)66-50(49-65-57-56(63)55(62)54(61)51(47-58)67-57)48-64-52(59)45-43-41-39-37-35-33-31-29-27-22-20-18-16-14-12-10-8-6-4-2/h12,14,18,20,38,40,50-51,54-58,61-63H,3-11,13,15-17,19,21-37,39,41-49H2,1-2H3/b14-12+,20-18+,40-38+/t50-,51-,54+,55?,56?,57-/m1/s1. The predicted octanol–water partition coefficient (Wildman–Crippen LogP) is 13.8. The molecule has 1 aliphatic rings. The summed E-state index contributed by atoms with van der Waals surface area (Å²) in [4.78, 5) is 25.5. The summed E-state index contributed by atoms with van der Waals surface area (Å²) in [5, 5.41) is 40.3. The summed E-state index contributed by atoms with van der Waals surface area (Å²) in [6.45, 7) is 3.41. The molecule has 0 aromatic heterocycles. The van der Waals surface area contributed by atoms with Gasteiger partial charge in [-0.15, -0.1) is 0 Å². The second-order valence-electron chi connectivity index (χ2n) is 19.4. The van der Waals surface area contributed by atoms with Gasteiger partial charge in [0, 0.05) is 12.8 Å². The Hall–Kier alpha value is -2.08. The molecule has 0 aliphatic carbocycles. The normalized spacial score (nSPS) is 19.3. The van der Waals surface area contributed by atoms with Gasteiger partial charge in [0.2, 0.25) is 0 Å². The minimum atomic E-state index is -1.60. The third-order valence-electron chi connectivity index (χ3n) is 13.0. The zero-order valence-corrected chi connectivity index (χ0v) is 43.2. The van der Waals surface area contributed by atoms with Crippen molar-refractivity contribution in [3.8, 4) is 0 Å². The van der Waals surface area contributed by atoms with Crippen LogP contribution in [0, 0.1) is 0 Å². The molecule has 6 atom stereocenters. The molecule has 0 amide bonds. The SMILES string of the molecule is CCCCC/C=C/C/C=C/CCCCCCCCCCCC(=O)OC[C@H](CO[C@@H]1O[C@H](CO)[C@H](O)C(O)C1O)OC(=O)CCC/C=C/CCCCCCCCCCCCCCCCCCCC. The molecule has 1 heterocycles. The van der Waals surface area contributed by atoms with E-state index < -0.39 is 49.4 Å². The van der Waals surface area contributed by atoms with Crippen LogP contribution in [0.2, 0.25) is 0 Å². The van der Waals surface area contributed by atoms with Gasteiger partial charge in [-0.1, -0.05) is 217 Å². The van der Waals surface area contributed by atoms with E-state index in [0.29, 0.717) is 6.42 Å². The monoisotopic (exact) mass is 949 g/mol. The summed E-state index contributed by atoms with van der Waals surface area (Å²) in [6.07, 6.45) is 50.2. The number of aliphatic hydroxyl groups is 4. The van der Waals surface area contributed by atoms with Gasteiger partial charge in [0.25, 0.3) is 0 Å². The van der Waals surface area contributed by atoms with Crippen LogP contribution in [0.5, 0.6) is 0 Å². The molecule has 1 saturated heterocycles. The Morgan fingerprint density at radius 3 is 1.33 bits per heavy atom. The zero-order valence-electron chi connectivity index (χ0n) is 43.2. The van der Waals surface area contributed by atoms with E-state index in [2.05, 4.69) is 50.3 Å². The van der Waals surface area contributed by atoms with E-state index in [-0.39, 0.29) is 32.0 Å². The van der Waals surface area contributed by atoms with Crippen molar-refractivity contribution in [2.75, 3.05) is 19.8 Å². The van der Waals surface area contributed by atoms with Crippen molar-refractivity contribution in [2.24, 2.45) is 0 Å². The second kappa shape index (κ2) is 47.6. The lowest BCUT2D eigenvalue weighted by Crippen LogP contribution is -2.59. The Bertz CT molecular complexity index is 1190. The van der Waals surface area contributed by atoms with Crippen LogP contribution in [0.3, 0.4) is 0 Å². The molecule has 0 saturated carbocycles. The molecule has 4 N–H and O–H groups in total. The second-order valence-corrected chi connectivity index (χ2v) is 19.4. The Kier molecular flexibility index (Phi) is 44.7. The highest BCUT2D eigenvalue weighted by Crippen LogP contribution is 2.23. The average Bonchev–Trinajstić information content (AvgIpc) is 3.33. The third-order valence-corrected chi connectivity index (χ3v) is 13.0. The fourth-order valence-electron chi connectivity index (χ4n) is 8.58. The largest absolute Gasteiger partial charge is 0.462 e. The van der Waals surface area contributed by atoms with Crippen molar-refractivity contribution >= 4 is 11.9 Å². The Morgan fingerprint density at radius 1 is 0.463 bits per heavy atom. The zero-order chi connectivity index (χ0) is 48.7. The third kappa shape index (κ3) is 38.4. The van der Waals surface area contributed by atoms with Crippen LogP contribution in [-0.2, 0) is 28.5 Å². The summed E-state index contributed by atoms with van der Waals surface area (Å²) in [5.74, 6) is -0.838. The van der Waals surface area contributed by atoms with Crippen LogP contribution < -0.4 is 0 Å². The van der Waals surface area contributed by atoms with E-state index in [1.165, 1.54) is 173 Å². The topological polar surface area (TPSA) is 152 Å². The summed E-state index contributed by atoms with van der Waals surface area (Å²) < 4.78 is 22.3. The van der Waals surface area contributed by atoms with E-state index in [0.717, 1.165) is 51.4 Å². The van der Waals surface area contributed by atoms with E-state index >= 15 is 0 Å². The first-order valence-electron chi connectivity index (χ1n) is 28.1. The molecule has 0 radical (unpaired) electrons. The molecule has 392 valence electrons. The number of hydrogen-bond acceptors (Lipinski definition) is 10. The molecule has 10 heteroatoms. The highest BCUT2D eigenvalue weighted by molar-refractivity contribution is 5.70. The smallest absolute Gasteiger partial charge is 0.306 e. The van der Waals surface area contributed by atoms with Gasteiger partial charge in [0.15, 0.2) is 12.4 Å². The summed E-state index contributed by atoms with van der Waals surface area (Å²) in [6, 6.07) is 0. The minimum Gasteiger partial charge on any atom is -0.462 e. The number of rotatable bonds is 48. The van der Waals surface area contributed by atoms with Crippen molar-refractivity contribution in [2.45, 2.75) is 295 Å². The molecule has 2 unspecified atom stereocenters. The molecule has 0 bridgehead atoms. The fraction of sp³-hybridized carbons (Fsp3) is 0.860. The van der Waals surface area contributed by atoms with Crippen molar-refractivity contribution in [3.05, 3.63) is 36.5 Å². The Labute approximate surface area is 410 Å². The van der Waals surface area contributed by atoms with Gasteiger partial charge in [-0.05, 0) is 64.2 Å². The highest BCUT2D eigenvalue weighted by Gasteiger charge is 2.44. The molecular weight excluding hydrogens is 845 g/mol. The maximum absolute atomic E-state index is 12.9. The number of carbonyl (C=O) groups excluding carboxylic acids is 2. The Morgan fingerprint density at radius 2 is 0.851 bits per heavy atom. The van der Waals surface area contributed by atoms with E-state index in [1.54, 1.807) is 0 Å². The van der Waals surface area contributed by atoms with E-state index in [9.17, 15) is 30.0 Å². The molecule has 1 aliphatic heterocycles. The van der Waals surface area contributed by atoms with Gasteiger partial charge in [0.1, 0.15) is 31.0 Å². The van der Waals surface area contributed by atoms with Crippen LogP contribution in [0.15, 0.2) is 36.5 Å². The maximum Gasteiger partial charge on any atom is 0.306 e. The van der Waals surface area contributed by atoms with Gasteiger partial charge >= 0.3 is 11.9 Å². The lowest BCUT2D eigenvalue weighted by molar-refractivity contribution is -0.305. The quantitative estimate of drug-likeness (QED) is 0.0263. The van der Waals surface area contributed by atoms with Crippen molar-refractivity contribution in [1.29, 1.82) is 0 Å². The fourth-order valence-corrected chi connectivity index (χ4v) is 8.58. The number of unbranched alkanes of at least 4 members (excludes halogenated alkanes) is 31. The number of aliphatic hydroxyl groups excluding tert-OH is 4. The van der Waals surface area contributed by atoms with Crippen LogP contribution in [0.4, 0.5) is 0 Å². The van der Waals surface area contributed by atoms with Gasteiger partial charge in [-0.2, -0.15) is 0 Å². The van der Waals surface area contributed by atoms with Gasteiger partial charge in [0.05, 0.1) is 13.2 Å². The van der Waals surface area contributed by atoms with Crippen molar-refractivity contribution in [3.63, 3.8) is 0 Å². The van der Waals surface area contributed by atoms with Crippen LogP contribution in [-0.4, -0.2) is 89.0 Å². The number of ether oxygens (including phenoxy) is 4. The van der Waals surface area contributed by atoms with Crippen LogP contribution >= 0.6 is 0 Å². The maximum atomic E-state index is 12.9. The van der Waals surface area contributed by atoms with Crippen LogP contribution in [0.25, 0.3) is 0 Å². The first kappa shape index (κ1) is 62.9. The first-order valence-corrected chi connectivity index (χ1v) is 28.1. The minimum absolute atomic E-state index is 0.183. The molecule has 10 nitrogen and oxygen atoms in total. The lowest BCUT2D eigenvalue weighted by Gasteiger charge is -2.39. The highest BCUT2D eigenvalue weighted by atomic mass is 16.7. The molecule has 0 spiro atoms. The Balaban J connectivity index is 2.23. The molecule has 1 fully saturated rings. The molecular formula is C57H104O10. The number of allylic oxidation sites excluding steroid dienone is 6. The molecule has 0 aromatic carbocycles. The first-order chi connectivity index (χ1) is 32.8. The van der Waals surface area contributed by atoms with Crippen molar-refractivity contribution < 1.29 is 49.0 Å². The summed E-state index contributed by atoms with van der Waals surface area (Å²) in [5.41, 5.74) is 0. The number of carbonyl (C=O) groups is 2. The van der Waals surface area contributed by atoms with Gasteiger partial charge in [-0.25, -0.2) is 0 Å². The summed E-state index contributed by atoms with van der Waals surface area (Å²) in [7, 11) is 0. The van der Waals surface area contributed by atoms with Crippen LogP contribution in [0.1, 0.15) is 258 Å². The predicted molar refractivity (Wildman–Crippen MR) is 275 cm³/mol. The van der Waals surface area contributed by atoms with Crippen molar-refractivity contribution in [1.82, 2.24) is 0 Å². The lowest BCUT2D eigenvalue weighted by atomic mass is 9.99. The molecule has 0 aromatic rings. The molecule has 67 heavy (non-hydrogen) atoms.